The molecule has 0 fully saturated rings. The first-order valence-electron chi connectivity index (χ1n) is 9.64. The van der Waals surface area contributed by atoms with Gasteiger partial charge in [0.15, 0.2) is 0 Å². The van der Waals surface area contributed by atoms with E-state index < -0.39 is 5.91 Å². The average molecular weight is 436 g/mol. The second kappa shape index (κ2) is 10.9. The molecule has 0 radical (unpaired) electrons. The Labute approximate surface area is 185 Å². The molecule has 0 aliphatic carbocycles. The maximum Gasteiger partial charge on any atom is 0.259 e. The number of carbonyl (C=O) groups excluding carboxylic acids is 2. The fraction of sp³-hybridized carbons (Fsp3) is 0.125. The molecule has 0 aromatic heterocycles. The van der Waals surface area contributed by atoms with Gasteiger partial charge in [0, 0.05) is 10.6 Å². The number of benzene rings is 3. The van der Waals surface area contributed by atoms with Gasteiger partial charge in [-0.1, -0.05) is 41.4 Å². The molecule has 0 spiro atoms. The van der Waals surface area contributed by atoms with E-state index in [1.807, 2.05) is 43.3 Å². The second-order valence-electron chi connectivity index (χ2n) is 6.83. The van der Waals surface area contributed by atoms with Crippen molar-refractivity contribution in [2.75, 3.05) is 6.54 Å². The zero-order valence-electron chi connectivity index (χ0n) is 17.0. The summed E-state index contributed by atoms with van der Waals surface area (Å²) in [6, 6.07) is 21.9. The van der Waals surface area contributed by atoms with E-state index >= 15 is 0 Å². The Morgan fingerprint density at radius 3 is 2.32 bits per heavy atom. The van der Waals surface area contributed by atoms with E-state index in [1.165, 1.54) is 11.8 Å². The Bertz CT molecular complexity index is 1050. The molecule has 31 heavy (non-hydrogen) atoms. The number of hydrazone groups is 1. The molecular formula is C24H22ClN3O3. The normalized spacial score (nSPS) is 10.6. The van der Waals surface area contributed by atoms with Gasteiger partial charge < -0.3 is 10.1 Å². The van der Waals surface area contributed by atoms with E-state index in [0.717, 1.165) is 16.9 Å². The number of rotatable bonds is 8. The molecule has 2 amide bonds. The fourth-order valence-corrected chi connectivity index (χ4v) is 2.71. The molecule has 0 heterocycles. The quantitative estimate of drug-likeness (QED) is 0.413. The first kappa shape index (κ1) is 22.1. The lowest BCUT2D eigenvalue weighted by molar-refractivity contribution is -0.120. The molecule has 3 aromatic rings. The van der Waals surface area contributed by atoms with E-state index in [9.17, 15) is 9.59 Å². The Kier molecular flexibility index (Phi) is 7.79. The third-order valence-corrected chi connectivity index (χ3v) is 4.58. The molecule has 0 atom stereocenters. The number of nitrogens with one attached hydrogen (secondary N) is 2. The molecule has 0 bridgehead atoms. The number of hydrogen-bond acceptors (Lipinski definition) is 4. The molecule has 7 heteroatoms. The Morgan fingerprint density at radius 1 is 0.968 bits per heavy atom. The number of carbonyl (C=O) groups is 2. The van der Waals surface area contributed by atoms with Crippen molar-refractivity contribution >= 4 is 29.6 Å². The van der Waals surface area contributed by atoms with E-state index in [1.54, 1.807) is 24.3 Å². The molecule has 0 saturated heterocycles. The SMILES string of the molecule is Cc1ccc(COc2ccc(/C=N/NC(=O)CNC(=O)c3ccc(Cl)cc3)cc2)cc1. The fourth-order valence-electron chi connectivity index (χ4n) is 2.58. The number of amides is 2. The molecule has 0 saturated carbocycles. The summed E-state index contributed by atoms with van der Waals surface area (Å²) in [5.74, 6) is -0.0553. The van der Waals surface area contributed by atoms with Crippen LogP contribution in [-0.2, 0) is 11.4 Å². The van der Waals surface area contributed by atoms with Crippen molar-refractivity contribution in [2.45, 2.75) is 13.5 Å². The van der Waals surface area contributed by atoms with Crippen molar-refractivity contribution in [3.05, 3.63) is 100 Å². The van der Waals surface area contributed by atoms with Gasteiger partial charge in [-0.3, -0.25) is 9.59 Å². The number of halogens is 1. The summed E-state index contributed by atoms with van der Waals surface area (Å²) in [5, 5.41) is 6.96. The molecular weight excluding hydrogens is 414 g/mol. The lowest BCUT2D eigenvalue weighted by atomic mass is 10.2. The summed E-state index contributed by atoms with van der Waals surface area (Å²) in [6.45, 7) is 2.35. The van der Waals surface area contributed by atoms with Crippen LogP contribution >= 0.6 is 11.6 Å². The highest BCUT2D eigenvalue weighted by Crippen LogP contribution is 2.14. The zero-order valence-corrected chi connectivity index (χ0v) is 17.7. The average Bonchev–Trinajstić information content (AvgIpc) is 2.78. The predicted octanol–water partition coefficient (Wildman–Crippen LogP) is 4.11. The largest absolute Gasteiger partial charge is 0.489 e. The highest BCUT2D eigenvalue weighted by molar-refractivity contribution is 6.30. The topological polar surface area (TPSA) is 79.8 Å². The maximum absolute atomic E-state index is 12.0. The molecule has 3 rings (SSSR count). The zero-order chi connectivity index (χ0) is 22.1. The van der Waals surface area contributed by atoms with Gasteiger partial charge in [-0.2, -0.15) is 5.10 Å². The number of ether oxygens (including phenoxy) is 1. The summed E-state index contributed by atoms with van der Waals surface area (Å²) in [6.07, 6.45) is 1.52. The number of aryl methyl sites for hydroxylation is 1. The highest BCUT2D eigenvalue weighted by Gasteiger charge is 2.07. The van der Waals surface area contributed by atoms with Crippen LogP contribution in [0.4, 0.5) is 0 Å². The van der Waals surface area contributed by atoms with Crippen molar-refractivity contribution in [1.29, 1.82) is 0 Å². The summed E-state index contributed by atoms with van der Waals surface area (Å²) in [7, 11) is 0. The second-order valence-corrected chi connectivity index (χ2v) is 7.26. The third-order valence-electron chi connectivity index (χ3n) is 4.32. The van der Waals surface area contributed by atoms with E-state index in [-0.39, 0.29) is 12.5 Å². The van der Waals surface area contributed by atoms with Crippen molar-refractivity contribution in [1.82, 2.24) is 10.7 Å². The van der Waals surface area contributed by atoms with Gasteiger partial charge in [-0.05, 0) is 66.6 Å². The molecule has 158 valence electrons. The van der Waals surface area contributed by atoms with Crippen LogP contribution in [0.2, 0.25) is 5.02 Å². The Balaban J connectivity index is 1.40. The summed E-state index contributed by atoms with van der Waals surface area (Å²) in [4.78, 5) is 23.8. The van der Waals surface area contributed by atoms with Crippen molar-refractivity contribution < 1.29 is 14.3 Å². The molecule has 0 aliphatic heterocycles. The van der Waals surface area contributed by atoms with Crippen LogP contribution in [0.25, 0.3) is 0 Å². The summed E-state index contributed by atoms with van der Waals surface area (Å²) in [5.41, 5.74) is 5.91. The molecule has 2 N–H and O–H groups in total. The third kappa shape index (κ3) is 7.28. The van der Waals surface area contributed by atoms with Gasteiger partial charge in [0.1, 0.15) is 12.4 Å². The summed E-state index contributed by atoms with van der Waals surface area (Å²) < 4.78 is 5.77. The summed E-state index contributed by atoms with van der Waals surface area (Å²) >= 11 is 5.79. The van der Waals surface area contributed by atoms with Crippen LogP contribution in [0.5, 0.6) is 5.75 Å². The van der Waals surface area contributed by atoms with Crippen LogP contribution in [0.15, 0.2) is 77.9 Å². The molecule has 3 aromatic carbocycles. The van der Waals surface area contributed by atoms with Crippen LogP contribution < -0.4 is 15.5 Å². The smallest absolute Gasteiger partial charge is 0.259 e. The van der Waals surface area contributed by atoms with Crippen LogP contribution in [0, 0.1) is 6.92 Å². The first-order valence-corrected chi connectivity index (χ1v) is 10.0. The lowest BCUT2D eigenvalue weighted by Crippen LogP contribution is -2.34. The first-order chi connectivity index (χ1) is 15.0. The van der Waals surface area contributed by atoms with Crippen molar-refractivity contribution in [3.63, 3.8) is 0 Å². The molecule has 6 nitrogen and oxygen atoms in total. The highest BCUT2D eigenvalue weighted by atomic mass is 35.5. The maximum atomic E-state index is 12.0. The minimum atomic E-state index is -0.434. The van der Waals surface area contributed by atoms with Gasteiger partial charge in [0.25, 0.3) is 11.8 Å². The predicted molar refractivity (Wildman–Crippen MR) is 121 cm³/mol. The van der Waals surface area contributed by atoms with Gasteiger partial charge in [0.05, 0.1) is 12.8 Å². The molecule has 0 aliphatic rings. The number of nitrogens with zero attached hydrogens (tertiary/aromatic N) is 1. The van der Waals surface area contributed by atoms with Gasteiger partial charge >= 0.3 is 0 Å². The molecule has 0 unspecified atom stereocenters. The minimum Gasteiger partial charge on any atom is -0.489 e. The van der Waals surface area contributed by atoms with Crippen molar-refractivity contribution in [3.8, 4) is 5.75 Å². The lowest BCUT2D eigenvalue weighted by Gasteiger charge is -2.07. The Hall–Kier alpha value is -3.64. The minimum absolute atomic E-state index is 0.190. The van der Waals surface area contributed by atoms with E-state index in [4.69, 9.17) is 16.3 Å². The van der Waals surface area contributed by atoms with Crippen LogP contribution in [-0.4, -0.2) is 24.6 Å². The monoisotopic (exact) mass is 435 g/mol. The van der Waals surface area contributed by atoms with Gasteiger partial charge in [0.2, 0.25) is 0 Å². The van der Waals surface area contributed by atoms with Crippen molar-refractivity contribution in [2.24, 2.45) is 5.10 Å². The Morgan fingerprint density at radius 2 is 1.65 bits per heavy atom. The number of hydrogen-bond donors (Lipinski definition) is 2. The standard InChI is InChI=1S/C24H22ClN3O3/c1-17-2-4-19(5-3-17)16-31-22-12-6-18(7-13-22)14-27-28-23(29)15-26-24(30)20-8-10-21(25)11-9-20/h2-14H,15-16H2,1H3,(H,26,30)(H,28,29)/b27-14+. The van der Waals surface area contributed by atoms with Gasteiger partial charge in [-0.15, -0.1) is 0 Å². The van der Waals surface area contributed by atoms with Crippen LogP contribution in [0.1, 0.15) is 27.0 Å². The van der Waals surface area contributed by atoms with Crippen LogP contribution in [0.3, 0.4) is 0 Å². The van der Waals surface area contributed by atoms with E-state index in [0.29, 0.717) is 17.2 Å². The van der Waals surface area contributed by atoms with Gasteiger partial charge in [-0.25, -0.2) is 5.43 Å². The van der Waals surface area contributed by atoms with E-state index in [2.05, 4.69) is 28.0 Å².